The summed E-state index contributed by atoms with van der Waals surface area (Å²) in [5.74, 6) is -0.0254. The summed E-state index contributed by atoms with van der Waals surface area (Å²) < 4.78 is 1.93. The number of H-pyrrole nitrogens is 1. The van der Waals surface area contributed by atoms with E-state index in [1.807, 2.05) is 36.9 Å². The van der Waals surface area contributed by atoms with Crippen molar-refractivity contribution in [3.05, 3.63) is 41.5 Å². The molecule has 2 aromatic heterocycles. The number of carbonyl (C=O) groups is 1. The number of nitrogens with one attached hydrogen (secondary N) is 2. The number of hydrogen-bond acceptors (Lipinski definition) is 2. The molecule has 0 aliphatic carbocycles. The van der Waals surface area contributed by atoms with Crippen LogP contribution in [0.2, 0.25) is 0 Å². The second-order valence-electron chi connectivity index (χ2n) is 4.01. The van der Waals surface area contributed by atoms with Gasteiger partial charge in [-0.1, -0.05) is 0 Å². The van der Waals surface area contributed by atoms with Crippen LogP contribution in [0.4, 0.5) is 0 Å². The highest BCUT2D eigenvalue weighted by atomic mass is 16.1. The smallest absolute Gasteiger partial charge is 0.253 e. The first kappa shape index (κ1) is 11.4. The van der Waals surface area contributed by atoms with Crippen LogP contribution in [0.15, 0.2) is 24.5 Å². The van der Waals surface area contributed by atoms with Crippen LogP contribution in [-0.4, -0.2) is 27.2 Å². The van der Waals surface area contributed by atoms with Crippen LogP contribution in [-0.2, 0) is 13.5 Å². The molecule has 0 spiro atoms. The molecule has 0 fully saturated rings. The Bertz CT molecular complexity index is 499. The maximum Gasteiger partial charge on any atom is 0.253 e. The Morgan fingerprint density at radius 2 is 2.35 bits per heavy atom. The molecule has 5 heteroatoms. The van der Waals surface area contributed by atoms with Crippen LogP contribution in [0, 0.1) is 6.92 Å². The van der Waals surface area contributed by atoms with E-state index in [-0.39, 0.29) is 5.91 Å². The highest BCUT2D eigenvalue weighted by Crippen LogP contribution is 2.07. The van der Waals surface area contributed by atoms with Gasteiger partial charge >= 0.3 is 0 Å². The zero-order chi connectivity index (χ0) is 12.3. The summed E-state index contributed by atoms with van der Waals surface area (Å²) >= 11 is 0. The molecular weight excluding hydrogens is 216 g/mol. The number of hydrogen-bond donors (Lipinski definition) is 2. The van der Waals surface area contributed by atoms with E-state index in [0.29, 0.717) is 6.54 Å². The third kappa shape index (κ3) is 2.55. The zero-order valence-electron chi connectivity index (χ0n) is 10.0. The minimum absolute atomic E-state index is 0.0254. The van der Waals surface area contributed by atoms with Crippen molar-refractivity contribution in [2.75, 3.05) is 6.54 Å². The summed E-state index contributed by atoms with van der Waals surface area (Å²) in [4.78, 5) is 11.9. The van der Waals surface area contributed by atoms with Crippen LogP contribution >= 0.6 is 0 Å². The van der Waals surface area contributed by atoms with E-state index in [1.165, 1.54) is 0 Å². The maximum atomic E-state index is 11.9. The Labute approximate surface area is 99.8 Å². The monoisotopic (exact) mass is 232 g/mol. The lowest BCUT2D eigenvalue weighted by molar-refractivity contribution is 0.0953. The van der Waals surface area contributed by atoms with Gasteiger partial charge in [-0.2, -0.15) is 5.10 Å². The van der Waals surface area contributed by atoms with Crippen molar-refractivity contribution >= 4 is 5.91 Å². The Kier molecular flexibility index (Phi) is 3.27. The summed E-state index contributed by atoms with van der Waals surface area (Å²) in [6, 6.07) is 3.74. The fourth-order valence-electron chi connectivity index (χ4n) is 1.68. The quantitative estimate of drug-likeness (QED) is 0.827. The number of aryl methyl sites for hydroxylation is 1. The van der Waals surface area contributed by atoms with E-state index < -0.39 is 0 Å². The third-order valence-corrected chi connectivity index (χ3v) is 2.87. The van der Waals surface area contributed by atoms with E-state index in [0.717, 1.165) is 23.4 Å². The minimum atomic E-state index is -0.0254. The largest absolute Gasteiger partial charge is 0.354 e. The van der Waals surface area contributed by atoms with Gasteiger partial charge in [0.25, 0.3) is 5.91 Å². The number of aromatic nitrogens is 3. The number of rotatable bonds is 4. The van der Waals surface area contributed by atoms with Crippen LogP contribution in [0.25, 0.3) is 0 Å². The van der Waals surface area contributed by atoms with Gasteiger partial charge in [-0.05, 0) is 19.1 Å². The number of amides is 1. The molecule has 2 heterocycles. The van der Waals surface area contributed by atoms with Crippen molar-refractivity contribution < 1.29 is 4.79 Å². The van der Waals surface area contributed by atoms with Crippen LogP contribution in [0.3, 0.4) is 0 Å². The standard InChI is InChI=1S/C12H16N4O/c1-9-11(5-8-16(9)2)12(17)13-6-3-10-4-7-14-15-10/h4-5,7-8H,3,6H2,1-2H3,(H,13,17)(H,14,15). The molecule has 0 saturated carbocycles. The van der Waals surface area contributed by atoms with Crippen LogP contribution in [0.1, 0.15) is 21.7 Å². The zero-order valence-corrected chi connectivity index (χ0v) is 10.0. The molecule has 0 aliphatic rings. The third-order valence-electron chi connectivity index (χ3n) is 2.87. The molecule has 0 bridgehead atoms. The van der Waals surface area contributed by atoms with Gasteiger partial charge in [0.15, 0.2) is 0 Å². The lowest BCUT2D eigenvalue weighted by Crippen LogP contribution is -2.26. The number of carbonyl (C=O) groups excluding carboxylic acids is 1. The normalized spacial score (nSPS) is 10.5. The van der Waals surface area contributed by atoms with Crippen LogP contribution < -0.4 is 5.32 Å². The molecule has 0 unspecified atom stereocenters. The van der Waals surface area contributed by atoms with Gasteiger partial charge in [0.2, 0.25) is 0 Å². The first-order chi connectivity index (χ1) is 8.18. The van der Waals surface area contributed by atoms with Gasteiger partial charge in [0.1, 0.15) is 0 Å². The summed E-state index contributed by atoms with van der Waals surface area (Å²) in [7, 11) is 1.93. The molecule has 0 atom stereocenters. The van der Waals surface area contributed by atoms with Gasteiger partial charge in [-0.15, -0.1) is 0 Å². The Morgan fingerprint density at radius 3 is 2.94 bits per heavy atom. The van der Waals surface area contributed by atoms with E-state index in [1.54, 1.807) is 6.20 Å². The van der Waals surface area contributed by atoms with E-state index in [9.17, 15) is 4.79 Å². The molecule has 0 aromatic carbocycles. The molecule has 2 N–H and O–H groups in total. The fraction of sp³-hybridized carbons (Fsp3) is 0.333. The molecular formula is C12H16N4O. The molecule has 5 nitrogen and oxygen atoms in total. The summed E-state index contributed by atoms with van der Waals surface area (Å²) in [6.45, 7) is 2.54. The van der Waals surface area contributed by atoms with Gasteiger partial charge in [-0.25, -0.2) is 0 Å². The first-order valence-electron chi connectivity index (χ1n) is 5.57. The predicted molar refractivity (Wildman–Crippen MR) is 64.8 cm³/mol. The molecule has 17 heavy (non-hydrogen) atoms. The first-order valence-corrected chi connectivity index (χ1v) is 5.57. The molecule has 0 aliphatic heterocycles. The van der Waals surface area contributed by atoms with Crippen molar-refractivity contribution in [3.8, 4) is 0 Å². The molecule has 2 rings (SSSR count). The summed E-state index contributed by atoms with van der Waals surface area (Å²) in [5, 5.41) is 9.61. The van der Waals surface area contributed by atoms with Gasteiger partial charge in [0.05, 0.1) is 5.56 Å². The Morgan fingerprint density at radius 1 is 1.53 bits per heavy atom. The second kappa shape index (κ2) is 4.86. The topological polar surface area (TPSA) is 62.7 Å². The highest BCUT2D eigenvalue weighted by molar-refractivity contribution is 5.95. The predicted octanol–water partition coefficient (Wildman–Crippen LogP) is 1.03. The number of aromatic amines is 1. The van der Waals surface area contributed by atoms with Crippen molar-refractivity contribution in [1.29, 1.82) is 0 Å². The fourth-order valence-corrected chi connectivity index (χ4v) is 1.68. The lowest BCUT2D eigenvalue weighted by atomic mass is 10.2. The average Bonchev–Trinajstić information content (AvgIpc) is 2.91. The maximum absolute atomic E-state index is 11.9. The summed E-state index contributed by atoms with van der Waals surface area (Å²) in [5.41, 5.74) is 2.73. The SMILES string of the molecule is Cc1c(C(=O)NCCc2ccn[nH]2)ccn1C. The van der Waals surface area contributed by atoms with Crippen molar-refractivity contribution in [1.82, 2.24) is 20.1 Å². The Balaban J connectivity index is 1.87. The van der Waals surface area contributed by atoms with E-state index >= 15 is 0 Å². The van der Waals surface area contributed by atoms with Crippen LogP contribution in [0.5, 0.6) is 0 Å². The van der Waals surface area contributed by atoms with Gasteiger partial charge in [0, 0.05) is 43.8 Å². The van der Waals surface area contributed by atoms with E-state index in [4.69, 9.17) is 0 Å². The Hall–Kier alpha value is -2.04. The molecule has 90 valence electrons. The minimum Gasteiger partial charge on any atom is -0.354 e. The molecule has 0 radical (unpaired) electrons. The van der Waals surface area contributed by atoms with Crippen molar-refractivity contribution in [2.45, 2.75) is 13.3 Å². The molecule has 1 amide bonds. The molecule has 2 aromatic rings. The number of nitrogens with zero attached hydrogens (tertiary/aromatic N) is 2. The van der Waals surface area contributed by atoms with Crippen molar-refractivity contribution in [3.63, 3.8) is 0 Å². The van der Waals surface area contributed by atoms with Crippen molar-refractivity contribution in [2.24, 2.45) is 7.05 Å². The van der Waals surface area contributed by atoms with Gasteiger partial charge < -0.3 is 9.88 Å². The second-order valence-corrected chi connectivity index (χ2v) is 4.01. The average molecular weight is 232 g/mol. The van der Waals surface area contributed by atoms with E-state index in [2.05, 4.69) is 15.5 Å². The molecule has 0 saturated heterocycles. The van der Waals surface area contributed by atoms with Gasteiger partial charge in [-0.3, -0.25) is 9.89 Å². The highest BCUT2D eigenvalue weighted by Gasteiger charge is 2.10. The lowest BCUT2D eigenvalue weighted by Gasteiger charge is -2.04. The summed E-state index contributed by atoms with van der Waals surface area (Å²) in [6.07, 6.45) is 4.36.